The number of benzene rings is 1. The number of hydrogen-bond acceptors (Lipinski definition) is 14. The molecule has 3 saturated heterocycles. The lowest BCUT2D eigenvalue weighted by molar-refractivity contribution is -0.136. The molecule has 19 heteroatoms. The molecule has 4 fully saturated rings. The van der Waals surface area contributed by atoms with Crippen LogP contribution in [0.25, 0.3) is 10.9 Å². The van der Waals surface area contributed by atoms with E-state index in [9.17, 15) is 28.8 Å². The van der Waals surface area contributed by atoms with E-state index in [2.05, 4.69) is 35.6 Å². The summed E-state index contributed by atoms with van der Waals surface area (Å²) in [5, 5.41) is 11.7. The molecule has 4 aliphatic heterocycles. The standard InChI is InChI=1S/C41H45ClN10O7S/c1-43-32(54)21-59-30-16-24-15-25(3-4-28(24)48(2)37(30)57)45-34-27(42)19-44-40(47-34)51-13-11-49(12-14-51)20-23-17-41(18-23)7-9-50(10-8-41)39-33-26(22-60-39)36(56)52(38(33)58)29-5-6-31(53)46-35(29)55/h3-4,15-16,19,22-23,29H,5-14,17-18,20-21H2,1-2H3,(H,43,54)(H,44,45,47)(H,46,53,55). The van der Waals surface area contributed by atoms with Crippen molar-refractivity contribution in [3.05, 3.63) is 62.3 Å². The van der Waals surface area contributed by atoms with Gasteiger partial charge in [0.1, 0.15) is 16.1 Å². The molecule has 0 bridgehead atoms. The minimum absolute atomic E-state index is 0.0749. The lowest BCUT2D eigenvalue weighted by Crippen LogP contribution is -2.54. The number of piperidine rings is 2. The second-order valence-corrected chi connectivity index (χ2v) is 17.7. The van der Waals surface area contributed by atoms with E-state index >= 15 is 0 Å². The Labute approximate surface area is 354 Å². The smallest absolute Gasteiger partial charge is 0.293 e. The molecular weight excluding hydrogens is 812 g/mol. The summed E-state index contributed by atoms with van der Waals surface area (Å²) in [6.07, 6.45) is 6.26. The van der Waals surface area contributed by atoms with E-state index in [1.807, 2.05) is 18.2 Å². The second-order valence-electron chi connectivity index (χ2n) is 16.4. The van der Waals surface area contributed by atoms with Gasteiger partial charge in [-0.25, -0.2) is 4.98 Å². The summed E-state index contributed by atoms with van der Waals surface area (Å²) in [6.45, 7) is 5.76. The minimum Gasteiger partial charge on any atom is -0.478 e. The van der Waals surface area contributed by atoms with E-state index in [0.29, 0.717) is 50.5 Å². The molecule has 1 atom stereocenters. The molecule has 9 rings (SSSR count). The van der Waals surface area contributed by atoms with E-state index < -0.39 is 23.8 Å². The summed E-state index contributed by atoms with van der Waals surface area (Å²) >= 11 is 7.98. The summed E-state index contributed by atoms with van der Waals surface area (Å²) in [4.78, 5) is 92.8. The Bertz CT molecular complexity index is 2480. The number of nitrogens with zero attached hydrogens (tertiary/aromatic N) is 7. The van der Waals surface area contributed by atoms with Crippen molar-refractivity contribution in [3.63, 3.8) is 0 Å². The van der Waals surface area contributed by atoms with Gasteiger partial charge in [-0.2, -0.15) is 4.98 Å². The van der Waals surface area contributed by atoms with E-state index in [0.717, 1.165) is 73.9 Å². The first-order chi connectivity index (χ1) is 28.9. The highest BCUT2D eigenvalue weighted by molar-refractivity contribution is 7.15. The van der Waals surface area contributed by atoms with Crippen LogP contribution in [0.5, 0.6) is 5.75 Å². The number of aromatic nitrogens is 3. The molecule has 5 amide bonds. The van der Waals surface area contributed by atoms with Gasteiger partial charge in [0.25, 0.3) is 23.3 Å². The highest BCUT2D eigenvalue weighted by atomic mass is 35.5. The summed E-state index contributed by atoms with van der Waals surface area (Å²) in [6, 6.07) is 6.20. The number of anilines is 4. The van der Waals surface area contributed by atoms with Crippen LogP contribution >= 0.6 is 22.9 Å². The van der Waals surface area contributed by atoms with E-state index in [-0.39, 0.29) is 42.6 Å². The predicted octanol–water partition coefficient (Wildman–Crippen LogP) is 3.13. The number of imide groups is 2. The molecule has 1 spiro atoms. The zero-order valence-corrected chi connectivity index (χ0v) is 34.9. The van der Waals surface area contributed by atoms with Crippen molar-refractivity contribution in [2.45, 2.75) is 44.6 Å². The van der Waals surface area contributed by atoms with Gasteiger partial charge in [-0.1, -0.05) is 11.6 Å². The molecule has 1 aliphatic carbocycles. The molecule has 7 heterocycles. The number of thiophene rings is 1. The Balaban J connectivity index is 0.761. The molecule has 17 nitrogen and oxygen atoms in total. The average Bonchev–Trinajstić information content (AvgIpc) is 3.78. The fourth-order valence-corrected chi connectivity index (χ4v) is 10.7. The van der Waals surface area contributed by atoms with E-state index in [4.69, 9.17) is 21.3 Å². The first kappa shape index (κ1) is 39.8. The number of carbonyl (C=O) groups is 5. The van der Waals surface area contributed by atoms with Crippen LogP contribution < -0.4 is 36.0 Å². The van der Waals surface area contributed by atoms with Crippen LogP contribution in [0.2, 0.25) is 5.02 Å². The monoisotopic (exact) mass is 856 g/mol. The molecule has 4 aromatic rings. The van der Waals surface area contributed by atoms with Crippen molar-refractivity contribution < 1.29 is 28.7 Å². The van der Waals surface area contributed by atoms with Crippen molar-refractivity contribution in [2.24, 2.45) is 18.4 Å². The SMILES string of the molecule is CNC(=O)COc1cc2cc(Nc3nc(N4CCN(CC5CC6(CCN(c7scc8c7C(=O)N(C7CCC(=O)NC7=O)C8=O)CC6)C5)CC4)ncc3Cl)ccc2n(C)c1=O. The number of halogens is 1. The normalized spacial score (nSPS) is 20.7. The number of likely N-dealkylation sites (N-methyl/N-ethyl adjacent to an activating group) is 1. The predicted molar refractivity (Wildman–Crippen MR) is 225 cm³/mol. The lowest BCUT2D eigenvalue weighted by atomic mass is 9.57. The van der Waals surface area contributed by atoms with Crippen molar-refractivity contribution in [1.82, 2.24) is 35.0 Å². The summed E-state index contributed by atoms with van der Waals surface area (Å²) in [5.74, 6) is -0.456. The van der Waals surface area contributed by atoms with Gasteiger partial charge in [0.05, 0.1) is 22.8 Å². The second kappa shape index (κ2) is 15.8. The maximum atomic E-state index is 13.6. The Morgan fingerprint density at radius 2 is 1.78 bits per heavy atom. The number of hydrogen-bond donors (Lipinski definition) is 3. The maximum absolute atomic E-state index is 13.6. The molecule has 60 heavy (non-hydrogen) atoms. The summed E-state index contributed by atoms with van der Waals surface area (Å²) in [5.41, 5.74) is 2.12. The number of aryl methyl sites for hydroxylation is 1. The number of rotatable bonds is 10. The van der Waals surface area contributed by atoms with Gasteiger partial charge in [-0.3, -0.25) is 43.9 Å². The molecule has 1 aromatic carbocycles. The largest absolute Gasteiger partial charge is 0.478 e. The molecule has 1 unspecified atom stereocenters. The third-order valence-corrected chi connectivity index (χ3v) is 14.0. The minimum atomic E-state index is -0.960. The van der Waals surface area contributed by atoms with Gasteiger partial charge in [0, 0.05) is 82.8 Å². The van der Waals surface area contributed by atoms with Gasteiger partial charge in [-0.15, -0.1) is 11.3 Å². The number of carbonyl (C=O) groups excluding carboxylic acids is 5. The molecule has 314 valence electrons. The van der Waals surface area contributed by atoms with Crippen molar-refractivity contribution in [2.75, 3.05) is 74.6 Å². The zero-order valence-electron chi connectivity index (χ0n) is 33.3. The third-order valence-electron chi connectivity index (χ3n) is 12.7. The molecule has 0 radical (unpaired) electrons. The van der Waals surface area contributed by atoms with E-state index in [1.165, 1.54) is 35.8 Å². The number of amides is 5. The summed E-state index contributed by atoms with van der Waals surface area (Å²) < 4.78 is 6.99. The first-order valence-electron chi connectivity index (χ1n) is 20.2. The third kappa shape index (κ3) is 7.34. The van der Waals surface area contributed by atoms with Gasteiger partial charge in [-0.05, 0) is 67.7 Å². The Morgan fingerprint density at radius 1 is 1.02 bits per heavy atom. The van der Waals surface area contributed by atoms with Crippen molar-refractivity contribution in [1.29, 1.82) is 0 Å². The van der Waals surface area contributed by atoms with Gasteiger partial charge < -0.3 is 29.7 Å². The topological polar surface area (TPSA) is 191 Å². The highest BCUT2D eigenvalue weighted by Crippen LogP contribution is 2.54. The Morgan fingerprint density at radius 3 is 2.52 bits per heavy atom. The van der Waals surface area contributed by atoms with Gasteiger partial charge in [0.15, 0.2) is 18.2 Å². The number of ether oxygens (including phenoxy) is 1. The molecule has 1 saturated carbocycles. The number of pyridine rings is 1. The fourth-order valence-electron chi connectivity index (χ4n) is 9.46. The van der Waals surface area contributed by atoms with Crippen LogP contribution in [0.1, 0.15) is 59.2 Å². The van der Waals surface area contributed by atoms with Crippen molar-refractivity contribution >= 4 is 85.8 Å². The molecule has 5 aliphatic rings. The lowest BCUT2D eigenvalue weighted by Gasteiger charge is -2.54. The van der Waals surface area contributed by atoms with Crippen LogP contribution in [0.3, 0.4) is 0 Å². The van der Waals surface area contributed by atoms with Crippen LogP contribution in [0.4, 0.5) is 22.5 Å². The van der Waals surface area contributed by atoms with Crippen molar-refractivity contribution in [3.8, 4) is 5.75 Å². The maximum Gasteiger partial charge on any atom is 0.293 e. The number of nitrogens with one attached hydrogen (secondary N) is 3. The fraction of sp³-hybridized carbons (Fsp3) is 0.463. The molecular formula is C41H45ClN10O7S. The van der Waals surface area contributed by atoms with Crippen LogP contribution in [0.15, 0.2) is 40.6 Å². The molecule has 3 aromatic heterocycles. The first-order valence-corrected chi connectivity index (χ1v) is 21.5. The summed E-state index contributed by atoms with van der Waals surface area (Å²) in [7, 11) is 3.16. The average molecular weight is 857 g/mol. The van der Waals surface area contributed by atoms with Crippen LogP contribution in [-0.4, -0.2) is 119 Å². The van der Waals surface area contributed by atoms with Gasteiger partial charge >= 0.3 is 0 Å². The zero-order chi connectivity index (χ0) is 41.9. The van der Waals surface area contributed by atoms with Crippen LogP contribution in [-0.2, 0) is 21.4 Å². The van der Waals surface area contributed by atoms with Crippen LogP contribution in [0, 0.1) is 11.3 Å². The van der Waals surface area contributed by atoms with Gasteiger partial charge in [0.2, 0.25) is 17.8 Å². The number of piperazine rings is 1. The Hall–Kier alpha value is -5.59. The Kier molecular flexibility index (Phi) is 10.5. The molecule has 3 N–H and O–H groups in total. The quantitative estimate of drug-likeness (QED) is 0.198. The highest BCUT2D eigenvalue weighted by Gasteiger charge is 2.49. The van der Waals surface area contributed by atoms with E-state index in [1.54, 1.807) is 24.7 Å². The number of fused-ring (bicyclic) bond motifs is 2.